The topological polar surface area (TPSA) is 55.0 Å². The highest BCUT2D eigenvalue weighted by Gasteiger charge is 2.35. The van der Waals surface area contributed by atoms with Crippen LogP contribution in [0.1, 0.15) is 60.8 Å². The maximum Gasteiger partial charge on any atom is 0.165 e. The maximum absolute atomic E-state index is 13.2. The Bertz CT molecular complexity index is 1020. The van der Waals surface area contributed by atoms with Gasteiger partial charge in [0.15, 0.2) is 5.78 Å². The van der Waals surface area contributed by atoms with E-state index in [0.717, 1.165) is 46.7 Å². The van der Waals surface area contributed by atoms with Crippen LogP contribution in [0.3, 0.4) is 0 Å². The quantitative estimate of drug-likeness (QED) is 0.597. The molecule has 4 rings (SSSR count). The smallest absolute Gasteiger partial charge is 0.165 e. The Morgan fingerprint density at radius 2 is 1.93 bits per heavy atom. The zero-order valence-corrected chi connectivity index (χ0v) is 17.4. The van der Waals surface area contributed by atoms with Crippen LogP contribution >= 0.6 is 0 Å². The van der Waals surface area contributed by atoms with E-state index in [1.807, 2.05) is 24.3 Å². The molecule has 3 aromatic rings. The number of nitrogens with one attached hydrogen (secondary N) is 1. The average molecular weight is 389 g/mol. The molecular formula is C25H28N2O2. The Kier molecular flexibility index (Phi) is 5.27. The first-order valence-corrected chi connectivity index (χ1v) is 10.4. The molecule has 1 aliphatic carbocycles. The molecule has 4 heteroatoms. The summed E-state index contributed by atoms with van der Waals surface area (Å²) >= 11 is 0. The van der Waals surface area contributed by atoms with Crippen LogP contribution < -0.4 is 4.74 Å². The first-order valence-electron chi connectivity index (χ1n) is 10.4. The van der Waals surface area contributed by atoms with Crippen LogP contribution in [0, 0.1) is 5.41 Å². The summed E-state index contributed by atoms with van der Waals surface area (Å²) in [7, 11) is 0. The van der Waals surface area contributed by atoms with Gasteiger partial charge in [0.2, 0.25) is 0 Å². The number of hydrogen-bond acceptors (Lipinski definition) is 3. The fourth-order valence-corrected chi connectivity index (χ4v) is 4.25. The van der Waals surface area contributed by atoms with Crippen LogP contribution in [0.4, 0.5) is 0 Å². The number of ether oxygens (including phenoxy) is 1. The summed E-state index contributed by atoms with van der Waals surface area (Å²) in [6.45, 7) is 7.05. The van der Waals surface area contributed by atoms with Crippen molar-refractivity contribution >= 4 is 5.78 Å². The average Bonchev–Trinajstić information content (AvgIpc) is 3.04. The zero-order valence-electron chi connectivity index (χ0n) is 17.4. The SMILES string of the molecule is CCCOc1cnccc1-c1[nH]c2c(c1Cc1ccccc1)C(=O)CC(C)(C)C2. The molecule has 4 nitrogen and oxygen atoms in total. The number of hydrogen-bond donors (Lipinski definition) is 1. The second-order valence-corrected chi connectivity index (χ2v) is 8.66. The van der Waals surface area contributed by atoms with E-state index in [-0.39, 0.29) is 11.2 Å². The maximum atomic E-state index is 13.2. The number of aromatic nitrogens is 2. The van der Waals surface area contributed by atoms with E-state index >= 15 is 0 Å². The lowest BCUT2D eigenvalue weighted by molar-refractivity contribution is 0.0911. The third-order valence-corrected chi connectivity index (χ3v) is 5.49. The summed E-state index contributed by atoms with van der Waals surface area (Å²) in [5.41, 5.74) is 6.11. The van der Waals surface area contributed by atoms with Crippen molar-refractivity contribution in [3.05, 3.63) is 71.2 Å². The predicted octanol–water partition coefficient (Wildman–Crippen LogP) is 5.61. The third-order valence-electron chi connectivity index (χ3n) is 5.49. The molecule has 0 fully saturated rings. The Morgan fingerprint density at radius 1 is 1.14 bits per heavy atom. The number of benzene rings is 1. The van der Waals surface area contributed by atoms with Gasteiger partial charge in [0, 0.05) is 35.9 Å². The van der Waals surface area contributed by atoms with Crippen molar-refractivity contribution in [2.75, 3.05) is 6.61 Å². The third kappa shape index (κ3) is 3.98. The monoisotopic (exact) mass is 388 g/mol. The van der Waals surface area contributed by atoms with E-state index < -0.39 is 0 Å². The molecular weight excluding hydrogens is 360 g/mol. The number of Topliss-reactive ketones (excluding diaryl/α,β-unsaturated/α-hetero) is 1. The van der Waals surface area contributed by atoms with Gasteiger partial charge < -0.3 is 9.72 Å². The number of ketones is 1. The molecule has 1 aliphatic rings. The van der Waals surface area contributed by atoms with Crippen molar-refractivity contribution in [1.29, 1.82) is 0 Å². The fourth-order valence-electron chi connectivity index (χ4n) is 4.25. The molecule has 0 saturated carbocycles. The molecule has 0 atom stereocenters. The lowest BCUT2D eigenvalue weighted by Crippen LogP contribution is -2.27. The fraction of sp³-hybridized carbons (Fsp3) is 0.360. The molecule has 0 bridgehead atoms. The van der Waals surface area contributed by atoms with Gasteiger partial charge in [-0.3, -0.25) is 9.78 Å². The van der Waals surface area contributed by atoms with Gasteiger partial charge in [0.1, 0.15) is 5.75 Å². The molecule has 1 aromatic carbocycles. The van der Waals surface area contributed by atoms with Crippen LogP contribution in [0.2, 0.25) is 0 Å². The summed E-state index contributed by atoms with van der Waals surface area (Å²) in [6.07, 6.45) is 6.64. The number of carbonyl (C=O) groups excluding carboxylic acids is 1. The van der Waals surface area contributed by atoms with Gasteiger partial charge in [0.05, 0.1) is 18.5 Å². The molecule has 0 aliphatic heterocycles. The largest absolute Gasteiger partial charge is 0.491 e. The van der Waals surface area contributed by atoms with E-state index in [1.54, 1.807) is 12.4 Å². The summed E-state index contributed by atoms with van der Waals surface area (Å²) in [4.78, 5) is 21.0. The Labute approximate surface area is 172 Å². The van der Waals surface area contributed by atoms with E-state index in [1.165, 1.54) is 5.56 Å². The van der Waals surface area contributed by atoms with Crippen molar-refractivity contribution < 1.29 is 9.53 Å². The molecule has 29 heavy (non-hydrogen) atoms. The standard InChI is InChI=1S/C25H28N2O2/c1-4-12-29-22-16-26-11-10-18(22)24-19(13-17-8-6-5-7-9-17)23-20(27-24)14-25(2,3)15-21(23)28/h5-11,16,27H,4,12-15H2,1-3H3. The first kappa shape index (κ1) is 19.4. The van der Waals surface area contributed by atoms with Crippen LogP contribution in [0.5, 0.6) is 5.75 Å². The van der Waals surface area contributed by atoms with Crippen molar-refractivity contribution in [1.82, 2.24) is 9.97 Å². The number of pyridine rings is 1. The molecule has 150 valence electrons. The normalized spacial score (nSPS) is 15.2. The lowest BCUT2D eigenvalue weighted by atomic mass is 9.75. The molecule has 0 amide bonds. The lowest BCUT2D eigenvalue weighted by Gasteiger charge is -2.28. The minimum absolute atomic E-state index is 0.0317. The predicted molar refractivity (Wildman–Crippen MR) is 115 cm³/mol. The van der Waals surface area contributed by atoms with Crippen molar-refractivity contribution in [2.24, 2.45) is 5.41 Å². The second kappa shape index (κ2) is 7.86. The van der Waals surface area contributed by atoms with E-state index in [2.05, 4.69) is 42.9 Å². The number of aromatic amines is 1. The molecule has 2 aromatic heterocycles. The van der Waals surface area contributed by atoms with Gasteiger partial charge in [-0.1, -0.05) is 51.1 Å². The first-order chi connectivity index (χ1) is 14.0. The van der Waals surface area contributed by atoms with Crippen LogP contribution in [0.15, 0.2) is 48.8 Å². The number of fused-ring (bicyclic) bond motifs is 1. The summed E-state index contributed by atoms with van der Waals surface area (Å²) in [6, 6.07) is 12.3. The van der Waals surface area contributed by atoms with Gasteiger partial charge >= 0.3 is 0 Å². The number of nitrogens with zero attached hydrogens (tertiary/aromatic N) is 1. The number of H-pyrrole nitrogens is 1. The summed E-state index contributed by atoms with van der Waals surface area (Å²) < 4.78 is 5.98. The minimum Gasteiger partial charge on any atom is -0.491 e. The van der Waals surface area contributed by atoms with Gasteiger partial charge in [-0.2, -0.15) is 0 Å². The van der Waals surface area contributed by atoms with E-state index in [9.17, 15) is 4.79 Å². The van der Waals surface area contributed by atoms with Crippen LogP contribution in [-0.2, 0) is 12.8 Å². The Balaban J connectivity index is 1.87. The molecule has 0 saturated heterocycles. The van der Waals surface area contributed by atoms with Gasteiger partial charge in [-0.15, -0.1) is 0 Å². The highest BCUT2D eigenvalue weighted by molar-refractivity contribution is 6.02. The highest BCUT2D eigenvalue weighted by atomic mass is 16.5. The summed E-state index contributed by atoms with van der Waals surface area (Å²) in [5.74, 6) is 0.990. The molecule has 1 N–H and O–H groups in total. The van der Waals surface area contributed by atoms with Crippen molar-refractivity contribution in [2.45, 2.75) is 46.5 Å². The van der Waals surface area contributed by atoms with Gasteiger partial charge in [-0.25, -0.2) is 0 Å². The highest BCUT2D eigenvalue weighted by Crippen LogP contribution is 2.42. The number of carbonyl (C=O) groups is 1. The summed E-state index contributed by atoms with van der Waals surface area (Å²) in [5, 5.41) is 0. The minimum atomic E-state index is -0.0317. The van der Waals surface area contributed by atoms with E-state index in [4.69, 9.17) is 4.74 Å². The van der Waals surface area contributed by atoms with Crippen molar-refractivity contribution in [3.8, 4) is 17.0 Å². The van der Waals surface area contributed by atoms with Crippen LogP contribution in [-0.4, -0.2) is 22.4 Å². The number of rotatable bonds is 6. The molecule has 2 heterocycles. The Morgan fingerprint density at radius 3 is 2.69 bits per heavy atom. The molecule has 0 unspecified atom stereocenters. The molecule has 0 spiro atoms. The Hall–Kier alpha value is -2.88. The second-order valence-electron chi connectivity index (χ2n) is 8.66. The molecule has 0 radical (unpaired) electrons. The zero-order chi connectivity index (χ0) is 20.4. The van der Waals surface area contributed by atoms with Crippen molar-refractivity contribution in [3.63, 3.8) is 0 Å². The van der Waals surface area contributed by atoms with E-state index in [0.29, 0.717) is 19.4 Å². The van der Waals surface area contributed by atoms with Gasteiger partial charge in [-0.05, 0) is 35.4 Å². The van der Waals surface area contributed by atoms with Gasteiger partial charge in [0.25, 0.3) is 0 Å². The van der Waals surface area contributed by atoms with Crippen LogP contribution in [0.25, 0.3) is 11.3 Å².